The summed E-state index contributed by atoms with van der Waals surface area (Å²) >= 11 is 0. The normalized spacial score (nSPS) is 26.9. The molecule has 0 radical (unpaired) electrons. The van der Waals surface area contributed by atoms with E-state index in [1.807, 2.05) is 18.7 Å². The second kappa shape index (κ2) is 3.32. The van der Waals surface area contributed by atoms with Crippen LogP contribution in [0.4, 0.5) is 0 Å². The van der Waals surface area contributed by atoms with Gasteiger partial charge in [0.25, 0.3) is 0 Å². The van der Waals surface area contributed by atoms with Crippen molar-refractivity contribution in [3.05, 3.63) is 0 Å². The van der Waals surface area contributed by atoms with Gasteiger partial charge in [-0.15, -0.1) is 0 Å². The number of nitrogens with zero attached hydrogens (tertiary/aromatic N) is 1. The maximum absolute atomic E-state index is 11.8. The summed E-state index contributed by atoms with van der Waals surface area (Å²) in [7, 11) is 0. The maximum Gasteiger partial charge on any atom is 0.225 e. The third kappa shape index (κ3) is 2.04. The molecule has 0 aliphatic carbocycles. The molecule has 0 saturated carbocycles. The Labute approximate surface area is 81.3 Å². The Balaban J connectivity index is 2.75. The molecular weight excluding hydrogens is 162 g/mol. The van der Waals surface area contributed by atoms with Gasteiger partial charge >= 0.3 is 0 Å². The molecule has 0 N–H and O–H groups in total. The van der Waals surface area contributed by atoms with Crippen LogP contribution in [0.15, 0.2) is 0 Å². The lowest BCUT2D eigenvalue weighted by Gasteiger charge is -2.32. The van der Waals surface area contributed by atoms with Crippen LogP contribution in [0, 0.1) is 11.8 Å². The number of amides is 1. The molecule has 2 nitrogen and oxygen atoms in total. The SMILES string of the molecule is CC1CN(C(=O)C(C)C)C(C)(C)C1. The predicted octanol–water partition coefficient (Wildman–Crippen LogP) is 2.29. The molecule has 1 unspecified atom stereocenters. The molecule has 1 heterocycles. The molecule has 1 saturated heterocycles. The van der Waals surface area contributed by atoms with Crippen LogP contribution in [0.1, 0.15) is 41.0 Å². The highest BCUT2D eigenvalue weighted by atomic mass is 16.2. The fraction of sp³-hybridized carbons (Fsp3) is 0.909. The van der Waals surface area contributed by atoms with E-state index < -0.39 is 0 Å². The van der Waals surface area contributed by atoms with Gasteiger partial charge in [-0.25, -0.2) is 0 Å². The van der Waals surface area contributed by atoms with Gasteiger partial charge in [-0.3, -0.25) is 4.79 Å². The van der Waals surface area contributed by atoms with Crippen LogP contribution in [-0.4, -0.2) is 22.9 Å². The summed E-state index contributed by atoms with van der Waals surface area (Å²) in [5.41, 5.74) is 0.0702. The minimum atomic E-state index is 0.0702. The van der Waals surface area contributed by atoms with Crippen molar-refractivity contribution in [1.29, 1.82) is 0 Å². The van der Waals surface area contributed by atoms with Crippen molar-refractivity contribution in [2.75, 3.05) is 6.54 Å². The van der Waals surface area contributed by atoms with Crippen LogP contribution < -0.4 is 0 Å². The van der Waals surface area contributed by atoms with Crippen molar-refractivity contribution in [2.45, 2.75) is 46.6 Å². The topological polar surface area (TPSA) is 20.3 Å². The standard InChI is InChI=1S/C11H21NO/c1-8(2)10(13)12-7-9(3)6-11(12,4)5/h8-9H,6-7H2,1-5H3. The molecule has 0 aromatic rings. The van der Waals surface area contributed by atoms with E-state index in [9.17, 15) is 4.79 Å². The number of hydrogen-bond acceptors (Lipinski definition) is 1. The van der Waals surface area contributed by atoms with E-state index in [1.165, 1.54) is 0 Å². The van der Waals surface area contributed by atoms with Gasteiger partial charge < -0.3 is 4.90 Å². The summed E-state index contributed by atoms with van der Waals surface area (Å²) in [6, 6.07) is 0. The summed E-state index contributed by atoms with van der Waals surface area (Å²) in [6.07, 6.45) is 1.13. The van der Waals surface area contributed by atoms with Crippen molar-refractivity contribution in [1.82, 2.24) is 4.90 Å². The van der Waals surface area contributed by atoms with Crippen molar-refractivity contribution in [3.63, 3.8) is 0 Å². The highest BCUT2D eigenvalue weighted by Gasteiger charge is 2.39. The fourth-order valence-electron chi connectivity index (χ4n) is 2.29. The first kappa shape index (κ1) is 10.6. The molecule has 1 aliphatic heterocycles. The number of hydrogen-bond donors (Lipinski definition) is 0. The van der Waals surface area contributed by atoms with Gasteiger partial charge in [0, 0.05) is 18.0 Å². The third-order valence-corrected chi connectivity index (χ3v) is 2.83. The van der Waals surface area contributed by atoms with E-state index in [2.05, 4.69) is 20.8 Å². The van der Waals surface area contributed by atoms with Crippen molar-refractivity contribution in [3.8, 4) is 0 Å². The molecule has 1 atom stereocenters. The average Bonchev–Trinajstić information content (AvgIpc) is 2.22. The van der Waals surface area contributed by atoms with E-state index in [1.54, 1.807) is 0 Å². The Morgan fingerprint density at radius 3 is 2.31 bits per heavy atom. The number of likely N-dealkylation sites (tertiary alicyclic amines) is 1. The maximum atomic E-state index is 11.8. The predicted molar refractivity (Wildman–Crippen MR) is 54.4 cm³/mol. The van der Waals surface area contributed by atoms with Crippen LogP contribution >= 0.6 is 0 Å². The van der Waals surface area contributed by atoms with Crippen LogP contribution in [0.25, 0.3) is 0 Å². The first-order chi connectivity index (χ1) is 5.84. The zero-order valence-corrected chi connectivity index (χ0v) is 9.42. The van der Waals surface area contributed by atoms with E-state index >= 15 is 0 Å². The molecular formula is C11H21NO. The quantitative estimate of drug-likeness (QED) is 0.611. The van der Waals surface area contributed by atoms with Crippen molar-refractivity contribution >= 4 is 5.91 Å². The zero-order valence-electron chi connectivity index (χ0n) is 9.42. The van der Waals surface area contributed by atoms with Gasteiger partial charge in [-0.05, 0) is 26.2 Å². The van der Waals surface area contributed by atoms with E-state index in [0.717, 1.165) is 13.0 Å². The molecule has 1 fully saturated rings. The van der Waals surface area contributed by atoms with E-state index in [-0.39, 0.29) is 11.5 Å². The Bertz CT molecular complexity index is 208. The monoisotopic (exact) mass is 183 g/mol. The first-order valence-electron chi connectivity index (χ1n) is 5.16. The first-order valence-corrected chi connectivity index (χ1v) is 5.16. The molecule has 76 valence electrons. The Hall–Kier alpha value is -0.530. The second-order valence-corrected chi connectivity index (χ2v) is 5.23. The summed E-state index contributed by atoms with van der Waals surface area (Å²) < 4.78 is 0. The molecule has 0 bridgehead atoms. The van der Waals surface area contributed by atoms with Crippen molar-refractivity contribution < 1.29 is 4.79 Å². The summed E-state index contributed by atoms with van der Waals surface area (Å²) in [5.74, 6) is 1.08. The summed E-state index contributed by atoms with van der Waals surface area (Å²) in [5, 5.41) is 0. The Morgan fingerprint density at radius 2 is 2.00 bits per heavy atom. The van der Waals surface area contributed by atoms with E-state index in [0.29, 0.717) is 11.8 Å². The molecule has 1 rings (SSSR count). The Kier molecular flexibility index (Phi) is 2.69. The molecule has 0 aromatic carbocycles. The van der Waals surface area contributed by atoms with Gasteiger partial charge in [-0.1, -0.05) is 20.8 Å². The van der Waals surface area contributed by atoms with Crippen LogP contribution in [0.3, 0.4) is 0 Å². The zero-order chi connectivity index (χ0) is 10.2. The largest absolute Gasteiger partial charge is 0.337 e. The minimum absolute atomic E-state index is 0.0702. The molecule has 1 amide bonds. The minimum Gasteiger partial charge on any atom is -0.337 e. The third-order valence-electron chi connectivity index (χ3n) is 2.83. The lowest BCUT2D eigenvalue weighted by atomic mass is 9.97. The van der Waals surface area contributed by atoms with Crippen LogP contribution in [0.2, 0.25) is 0 Å². The lowest BCUT2D eigenvalue weighted by molar-refractivity contribution is -0.137. The summed E-state index contributed by atoms with van der Waals surface area (Å²) in [6.45, 7) is 11.4. The van der Waals surface area contributed by atoms with E-state index in [4.69, 9.17) is 0 Å². The highest BCUT2D eigenvalue weighted by molar-refractivity contribution is 5.79. The fourth-order valence-corrected chi connectivity index (χ4v) is 2.29. The molecule has 13 heavy (non-hydrogen) atoms. The number of carbonyl (C=O) groups excluding carboxylic acids is 1. The van der Waals surface area contributed by atoms with Crippen molar-refractivity contribution in [2.24, 2.45) is 11.8 Å². The van der Waals surface area contributed by atoms with Crippen LogP contribution in [-0.2, 0) is 4.79 Å². The van der Waals surface area contributed by atoms with Gasteiger partial charge in [0.1, 0.15) is 0 Å². The van der Waals surface area contributed by atoms with Gasteiger partial charge in [0.15, 0.2) is 0 Å². The second-order valence-electron chi connectivity index (χ2n) is 5.23. The highest BCUT2D eigenvalue weighted by Crippen LogP contribution is 2.33. The molecule has 2 heteroatoms. The van der Waals surface area contributed by atoms with Gasteiger partial charge in [0.05, 0.1) is 0 Å². The van der Waals surface area contributed by atoms with Gasteiger partial charge in [0.2, 0.25) is 5.91 Å². The van der Waals surface area contributed by atoms with Gasteiger partial charge in [-0.2, -0.15) is 0 Å². The lowest BCUT2D eigenvalue weighted by Crippen LogP contribution is -2.44. The smallest absolute Gasteiger partial charge is 0.225 e. The average molecular weight is 183 g/mol. The summed E-state index contributed by atoms with van der Waals surface area (Å²) in [4.78, 5) is 13.9. The molecule has 0 aromatic heterocycles. The molecule has 1 aliphatic rings. The molecule has 0 spiro atoms. The number of rotatable bonds is 1. The van der Waals surface area contributed by atoms with Crippen LogP contribution in [0.5, 0.6) is 0 Å². The Morgan fingerprint density at radius 1 is 1.46 bits per heavy atom. The number of carbonyl (C=O) groups is 1.